The average Bonchev–Trinajstić information content (AvgIpc) is 2.78. The standard InChI is InChI=1S/C9H13N3O3S/c13-6-7-2-1-3-11(5-7)9-10-4-8(16-9)12(14)15/h4,7,13H,1-3,5-6H2. The number of aromatic nitrogens is 1. The number of aliphatic hydroxyl groups is 1. The first kappa shape index (κ1) is 11.3. The molecule has 6 nitrogen and oxygen atoms in total. The predicted octanol–water partition coefficient (Wildman–Crippen LogP) is 1.26. The van der Waals surface area contributed by atoms with E-state index in [0.717, 1.165) is 37.3 Å². The first-order chi connectivity index (χ1) is 7.70. The zero-order chi connectivity index (χ0) is 11.5. The van der Waals surface area contributed by atoms with Gasteiger partial charge < -0.3 is 10.0 Å². The van der Waals surface area contributed by atoms with Crippen molar-refractivity contribution >= 4 is 21.5 Å². The maximum atomic E-state index is 10.5. The van der Waals surface area contributed by atoms with Crippen LogP contribution >= 0.6 is 11.3 Å². The number of thiazole rings is 1. The van der Waals surface area contributed by atoms with Crippen molar-refractivity contribution in [3.8, 4) is 0 Å². The molecule has 0 amide bonds. The van der Waals surface area contributed by atoms with Crippen molar-refractivity contribution in [2.45, 2.75) is 12.8 Å². The lowest BCUT2D eigenvalue weighted by atomic mass is 10.00. The lowest BCUT2D eigenvalue weighted by Gasteiger charge is -2.31. The van der Waals surface area contributed by atoms with Crippen LogP contribution < -0.4 is 4.90 Å². The van der Waals surface area contributed by atoms with Crippen LogP contribution in [-0.4, -0.2) is 34.7 Å². The summed E-state index contributed by atoms with van der Waals surface area (Å²) in [6.07, 6.45) is 3.31. The summed E-state index contributed by atoms with van der Waals surface area (Å²) < 4.78 is 0. The fourth-order valence-corrected chi connectivity index (χ4v) is 2.64. The van der Waals surface area contributed by atoms with E-state index in [1.165, 1.54) is 6.20 Å². The molecule has 1 unspecified atom stereocenters. The molecule has 1 N–H and O–H groups in total. The first-order valence-corrected chi connectivity index (χ1v) is 5.98. The molecule has 2 heterocycles. The van der Waals surface area contributed by atoms with Crippen molar-refractivity contribution in [1.29, 1.82) is 0 Å². The Balaban J connectivity index is 2.08. The second-order valence-corrected chi connectivity index (χ2v) is 4.86. The molecule has 0 aromatic carbocycles. The third-order valence-electron chi connectivity index (χ3n) is 2.71. The summed E-state index contributed by atoms with van der Waals surface area (Å²) in [6, 6.07) is 0. The minimum Gasteiger partial charge on any atom is -0.396 e. The van der Waals surface area contributed by atoms with Crippen molar-refractivity contribution in [2.24, 2.45) is 5.92 Å². The van der Waals surface area contributed by atoms with E-state index in [9.17, 15) is 10.1 Å². The van der Waals surface area contributed by atoms with Gasteiger partial charge in [0.1, 0.15) is 6.20 Å². The number of nitro groups is 1. The van der Waals surface area contributed by atoms with E-state index in [4.69, 9.17) is 5.11 Å². The molecule has 1 aromatic rings. The SMILES string of the molecule is O=[N+]([O-])c1cnc(N2CCCC(CO)C2)s1. The Kier molecular flexibility index (Phi) is 3.35. The largest absolute Gasteiger partial charge is 0.396 e. The second-order valence-electron chi connectivity index (χ2n) is 3.88. The van der Waals surface area contributed by atoms with Gasteiger partial charge in [-0.25, -0.2) is 4.98 Å². The first-order valence-electron chi connectivity index (χ1n) is 5.16. The van der Waals surface area contributed by atoms with Crippen LogP contribution in [0, 0.1) is 16.0 Å². The van der Waals surface area contributed by atoms with Gasteiger partial charge in [-0.1, -0.05) is 0 Å². The summed E-state index contributed by atoms with van der Waals surface area (Å²) in [7, 11) is 0. The van der Waals surface area contributed by atoms with E-state index in [2.05, 4.69) is 4.98 Å². The molecule has 0 aliphatic carbocycles. The summed E-state index contributed by atoms with van der Waals surface area (Å²) in [4.78, 5) is 16.2. The molecule has 88 valence electrons. The van der Waals surface area contributed by atoms with Gasteiger partial charge in [-0.15, -0.1) is 0 Å². The van der Waals surface area contributed by atoms with Crippen LogP contribution in [-0.2, 0) is 0 Å². The lowest BCUT2D eigenvalue weighted by Crippen LogP contribution is -2.36. The topological polar surface area (TPSA) is 79.5 Å². The normalized spacial score (nSPS) is 21.1. The van der Waals surface area contributed by atoms with Gasteiger partial charge in [-0.2, -0.15) is 0 Å². The zero-order valence-corrected chi connectivity index (χ0v) is 9.52. The van der Waals surface area contributed by atoms with Crippen LogP contribution in [0.5, 0.6) is 0 Å². The second kappa shape index (κ2) is 4.75. The third kappa shape index (κ3) is 2.30. The fourth-order valence-electron chi connectivity index (χ4n) is 1.88. The van der Waals surface area contributed by atoms with Gasteiger partial charge in [-0.3, -0.25) is 10.1 Å². The summed E-state index contributed by atoms with van der Waals surface area (Å²) in [5, 5.41) is 20.4. The highest BCUT2D eigenvalue weighted by atomic mass is 32.1. The van der Waals surface area contributed by atoms with E-state index in [1.807, 2.05) is 4.90 Å². The van der Waals surface area contributed by atoms with Gasteiger partial charge in [-0.05, 0) is 30.1 Å². The van der Waals surface area contributed by atoms with E-state index < -0.39 is 4.92 Å². The van der Waals surface area contributed by atoms with Gasteiger partial charge in [0.2, 0.25) is 0 Å². The molecule has 1 aliphatic rings. The lowest BCUT2D eigenvalue weighted by molar-refractivity contribution is -0.380. The summed E-state index contributed by atoms with van der Waals surface area (Å²) in [6.45, 7) is 1.77. The number of hydrogen-bond acceptors (Lipinski definition) is 6. The van der Waals surface area contributed by atoms with Crippen molar-refractivity contribution < 1.29 is 10.0 Å². The third-order valence-corrected chi connectivity index (χ3v) is 3.72. The number of aliphatic hydroxyl groups excluding tert-OH is 1. The molecule has 1 atom stereocenters. The van der Waals surface area contributed by atoms with Crippen LogP contribution in [0.1, 0.15) is 12.8 Å². The Hall–Kier alpha value is -1.21. The summed E-state index contributed by atoms with van der Waals surface area (Å²) in [5.74, 6) is 0.261. The van der Waals surface area contributed by atoms with Crippen molar-refractivity contribution in [1.82, 2.24) is 4.98 Å². The number of piperidine rings is 1. The highest BCUT2D eigenvalue weighted by Crippen LogP contribution is 2.30. The number of hydrogen-bond donors (Lipinski definition) is 1. The molecule has 1 aliphatic heterocycles. The monoisotopic (exact) mass is 243 g/mol. The Morgan fingerprint density at radius 2 is 2.56 bits per heavy atom. The Labute approximate surface area is 96.7 Å². The van der Waals surface area contributed by atoms with Crippen LogP contribution in [0.25, 0.3) is 0 Å². The van der Waals surface area contributed by atoms with Gasteiger partial charge in [0.15, 0.2) is 5.13 Å². The molecular weight excluding hydrogens is 230 g/mol. The Bertz CT molecular complexity index is 382. The van der Waals surface area contributed by atoms with Gasteiger partial charge in [0.25, 0.3) is 0 Å². The van der Waals surface area contributed by atoms with Crippen LogP contribution in [0.4, 0.5) is 10.1 Å². The van der Waals surface area contributed by atoms with Crippen molar-refractivity contribution in [3.05, 3.63) is 16.3 Å². The number of anilines is 1. The molecule has 0 saturated carbocycles. The summed E-state index contributed by atoms with van der Waals surface area (Å²) in [5.41, 5.74) is 0. The molecular formula is C9H13N3O3S. The minimum atomic E-state index is -0.422. The zero-order valence-electron chi connectivity index (χ0n) is 8.70. The van der Waals surface area contributed by atoms with Gasteiger partial charge in [0.05, 0.1) is 4.92 Å². The molecule has 0 radical (unpaired) electrons. The van der Waals surface area contributed by atoms with Crippen LogP contribution in [0.15, 0.2) is 6.20 Å². The van der Waals surface area contributed by atoms with Crippen molar-refractivity contribution in [3.63, 3.8) is 0 Å². The minimum absolute atomic E-state index is 0.0705. The van der Waals surface area contributed by atoms with Crippen LogP contribution in [0.2, 0.25) is 0 Å². The molecule has 16 heavy (non-hydrogen) atoms. The predicted molar refractivity (Wildman–Crippen MR) is 60.8 cm³/mol. The highest BCUT2D eigenvalue weighted by Gasteiger charge is 2.23. The molecule has 0 spiro atoms. The van der Waals surface area contributed by atoms with Crippen LogP contribution in [0.3, 0.4) is 0 Å². The maximum Gasteiger partial charge on any atom is 0.345 e. The highest BCUT2D eigenvalue weighted by molar-refractivity contribution is 7.18. The van der Waals surface area contributed by atoms with Gasteiger partial charge in [0, 0.05) is 19.7 Å². The molecule has 1 saturated heterocycles. The smallest absolute Gasteiger partial charge is 0.345 e. The molecule has 1 aromatic heterocycles. The van der Waals surface area contributed by atoms with Crippen molar-refractivity contribution in [2.75, 3.05) is 24.6 Å². The average molecular weight is 243 g/mol. The van der Waals surface area contributed by atoms with E-state index in [0.29, 0.717) is 5.13 Å². The molecule has 7 heteroatoms. The number of nitrogens with zero attached hydrogens (tertiary/aromatic N) is 3. The van der Waals surface area contributed by atoms with E-state index in [-0.39, 0.29) is 17.5 Å². The molecule has 1 fully saturated rings. The van der Waals surface area contributed by atoms with E-state index in [1.54, 1.807) is 0 Å². The fraction of sp³-hybridized carbons (Fsp3) is 0.667. The summed E-state index contributed by atoms with van der Waals surface area (Å²) >= 11 is 1.09. The molecule has 2 rings (SSSR count). The Morgan fingerprint density at radius 1 is 1.75 bits per heavy atom. The Morgan fingerprint density at radius 3 is 3.19 bits per heavy atom. The quantitative estimate of drug-likeness (QED) is 0.638. The van der Waals surface area contributed by atoms with E-state index >= 15 is 0 Å². The maximum absolute atomic E-state index is 10.5. The molecule has 0 bridgehead atoms. The number of rotatable bonds is 3. The van der Waals surface area contributed by atoms with Gasteiger partial charge >= 0.3 is 5.00 Å².